The van der Waals surface area contributed by atoms with Crippen molar-refractivity contribution in [3.05, 3.63) is 108 Å². The fourth-order valence-electron chi connectivity index (χ4n) is 2.77. The van der Waals surface area contributed by atoms with E-state index in [0.29, 0.717) is 0 Å². The van der Waals surface area contributed by atoms with E-state index < -0.39 is 0 Å². The fraction of sp³-hybridized carbons (Fsp3) is 0.250. The van der Waals surface area contributed by atoms with E-state index in [1.165, 1.54) is 5.57 Å². The van der Waals surface area contributed by atoms with Gasteiger partial charge in [-0.05, 0) is 47.3 Å². The number of hydrogen-bond acceptors (Lipinski definition) is 0. The van der Waals surface area contributed by atoms with E-state index in [0.717, 1.165) is 33.4 Å². The molecule has 0 atom stereocenters. The van der Waals surface area contributed by atoms with Gasteiger partial charge < -0.3 is 0 Å². The Bertz CT molecular complexity index is 694. The van der Waals surface area contributed by atoms with E-state index in [1.807, 2.05) is 38.2 Å². The Labute approximate surface area is 149 Å². The molecular formula is C24H32. The third kappa shape index (κ3) is 4.35. The summed E-state index contributed by atoms with van der Waals surface area (Å²) in [6, 6.07) is 0. The average molecular weight is 321 g/mol. The molecule has 0 aromatic rings. The zero-order valence-corrected chi connectivity index (χ0v) is 15.0. The van der Waals surface area contributed by atoms with Gasteiger partial charge in [-0.15, -0.1) is 0 Å². The Morgan fingerprint density at radius 1 is 1.04 bits per heavy atom. The molecule has 0 aromatic heterocycles. The highest BCUT2D eigenvalue weighted by atomic mass is 14.4. The molecule has 0 heteroatoms. The normalized spacial score (nSPS) is 18.3. The largest absolute Gasteiger partial charge is 0.0987 e. The Morgan fingerprint density at radius 3 is 2.08 bits per heavy atom. The van der Waals surface area contributed by atoms with E-state index in [2.05, 4.69) is 58.9 Å². The van der Waals surface area contributed by atoms with E-state index in [9.17, 15) is 0 Å². The summed E-state index contributed by atoms with van der Waals surface area (Å²) in [5, 5.41) is 0. The lowest BCUT2D eigenvalue weighted by atomic mass is 9.80. The predicted octanol–water partition coefficient (Wildman–Crippen LogP) is 7.45. The molecule has 0 spiro atoms. The van der Waals surface area contributed by atoms with E-state index in [4.69, 9.17) is 0 Å². The van der Waals surface area contributed by atoms with Crippen LogP contribution in [0.5, 0.6) is 0 Å². The molecule has 0 saturated heterocycles. The summed E-state index contributed by atoms with van der Waals surface area (Å²) in [5.41, 5.74) is 7.15. The molecule has 0 aromatic carbocycles. The van der Waals surface area contributed by atoms with Crippen molar-refractivity contribution in [3.8, 4) is 0 Å². The second-order valence-electron chi connectivity index (χ2n) is 6.42. The summed E-state index contributed by atoms with van der Waals surface area (Å²) in [5.74, 6) is 0. The molecule has 0 nitrogen and oxygen atoms in total. The first-order valence-electron chi connectivity index (χ1n) is 7.80. The third-order valence-corrected chi connectivity index (χ3v) is 4.12. The average Bonchev–Trinajstić information content (AvgIpc) is 2.65. The van der Waals surface area contributed by atoms with Crippen molar-refractivity contribution in [2.24, 2.45) is 5.41 Å². The quantitative estimate of drug-likeness (QED) is 0.446. The number of hydrogen-bond donors (Lipinski definition) is 0. The van der Waals surface area contributed by atoms with Crippen LogP contribution in [-0.4, -0.2) is 0 Å². The van der Waals surface area contributed by atoms with Crippen molar-refractivity contribution in [2.75, 3.05) is 0 Å². The van der Waals surface area contributed by atoms with Crippen LogP contribution in [0.3, 0.4) is 0 Å². The molecule has 0 bridgehead atoms. The van der Waals surface area contributed by atoms with Crippen LogP contribution in [0.25, 0.3) is 0 Å². The van der Waals surface area contributed by atoms with Crippen LogP contribution in [0.15, 0.2) is 108 Å². The molecule has 0 N–H and O–H groups in total. The summed E-state index contributed by atoms with van der Waals surface area (Å²) in [7, 11) is 0. The molecule has 0 aliphatic heterocycles. The molecule has 0 unspecified atom stereocenters. The zero-order valence-electron chi connectivity index (χ0n) is 15.0. The fourth-order valence-corrected chi connectivity index (χ4v) is 2.77. The second kappa shape index (κ2) is 8.49. The molecule has 24 heavy (non-hydrogen) atoms. The van der Waals surface area contributed by atoms with Crippen molar-refractivity contribution in [1.82, 2.24) is 0 Å². The first-order chi connectivity index (χ1) is 10.7. The van der Waals surface area contributed by atoms with Crippen LogP contribution >= 0.6 is 0 Å². The monoisotopic (exact) mass is 320 g/mol. The number of rotatable bonds is 6. The van der Waals surface area contributed by atoms with Crippen molar-refractivity contribution < 1.29 is 0 Å². The predicted molar refractivity (Wildman–Crippen MR) is 112 cm³/mol. The minimum Gasteiger partial charge on any atom is -0.0987 e. The molecule has 0 saturated carbocycles. The van der Waals surface area contributed by atoms with E-state index in [1.54, 1.807) is 0 Å². The summed E-state index contributed by atoms with van der Waals surface area (Å²) in [6.45, 7) is 28.7. The maximum atomic E-state index is 4.29. The Balaban J connectivity index is 0.00000529. The Kier molecular flexibility index (Phi) is 7.67. The van der Waals surface area contributed by atoms with E-state index >= 15 is 0 Å². The van der Waals surface area contributed by atoms with Gasteiger partial charge in [0.15, 0.2) is 0 Å². The molecule has 1 aliphatic rings. The Hall–Kier alpha value is -2.34. The third-order valence-electron chi connectivity index (χ3n) is 4.12. The Morgan fingerprint density at radius 2 is 1.62 bits per heavy atom. The molecule has 0 fully saturated rings. The van der Waals surface area contributed by atoms with Crippen LogP contribution in [0.1, 0.15) is 35.1 Å². The standard InChI is InChI=1S/C23H28.CH4/c1-10-12-20-19(7)22(23(8,9)21(20)11-2)15-18(6)17(5)14-13-16(3)4;/h10-15H,2-3,5-7H2,1,4,8-9H3;1H4/b12-10-,14-13-,22-15+;. The maximum Gasteiger partial charge on any atom is 0.0158 e. The molecular weight excluding hydrogens is 288 g/mol. The SMILES string of the molecule is C.C=CC1=C(/C=C\C)C(=C)/C(=C\C(=C)C(=C)/C=C\C(=C)C)C1(C)C. The van der Waals surface area contributed by atoms with Crippen LogP contribution in [0, 0.1) is 5.41 Å². The lowest BCUT2D eigenvalue weighted by Gasteiger charge is -2.24. The first-order valence-corrected chi connectivity index (χ1v) is 7.80. The van der Waals surface area contributed by atoms with Gasteiger partial charge in [0.2, 0.25) is 0 Å². The molecule has 1 aliphatic carbocycles. The van der Waals surface area contributed by atoms with E-state index in [-0.39, 0.29) is 12.8 Å². The summed E-state index contributed by atoms with van der Waals surface area (Å²) < 4.78 is 0. The maximum absolute atomic E-state index is 4.29. The van der Waals surface area contributed by atoms with Gasteiger partial charge in [0.05, 0.1) is 0 Å². The van der Waals surface area contributed by atoms with Crippen molar-refractivity contribution in [3.63, 3.8) is 0 Å². The molecule has 128 valence electrons. The molecule has 0 heterocycles. The summed E-state index contributed by atoms with van der Waals surface area (Å²) in [6.07, 6.45) is 12.0. The van der Waals surface area contributed by atoms with Gasteiger partial charge in [-0.2, -0.15) is 0 Å². The minimum absolute atomic E-state index is 0. The molecule has 0 radical (unpaired) electrons. The molecule has 0 amide bonds. The van der Waals surface area contributed by atoms with Crippen molar-refractivity contribution in [2.45, 2.75) is 35.1 Å². The van der Waals surface area contributed by atoms with Crippen LogP contribution in [0.4, 0.5) is 0 Å². The van der Waals surface area contributed by atoms with Gasteiger partial charge in [0.1, 0.15) is 0 Å². The van der Waals surface area contributed by atoms with Gasteiger partial charge in [-0.3, -0.25) is 0 Å². The van der Waals surface area contributed by atoms with Crippen LogP contribution in [-0.2, 0) is 0 Å². The lowest BCUT2D eigenvalue weighted by molar-refractivity contribution is 0.579. The number of allylic oxidation sites excluding steroid dienone is 13. The zero-order chi connectivity index (χ0) is 17.8. The van der Waals surface area contributed by atoms with Crippen LogP contribution in [0.2, 0.25) is 0 Å². The topological polar surface area (TPSA) is 0 Å². The van der Waals surface area contributed by atoms with Gasteiger partial charge in [-0.25, -0.2) is 0 Å². The van der Waals surface area contributed by atoms with Gasteiger partial charge in [-0.1, -0.05) is 96.2 Å². The van der Waals surface area contributed by atoms with Crippen LogP contribution < -0.4 is 0 Å². The first kappa shape index (κ1) is 21.7. The minimum atomic E-state index is -0.144. The highest BCUT2D eigenvalue weighted by Gasteiger charge is 2.37. The summed E-state index contributed by atoms with van der Waals surface area (Å²) in [4.78, 5) is 0. The summed E-state index contributed by atoms with van der Waals surface area (Å²) >= 11 is 0. The second-order valence-corrected chi connectivity index (χ2v) is 6.42. The lowest BCUT2D eigenvalue weighted by Crippen LogP contribution is -2.12. The smallest absolute Gasteiger partial charge is 0.0158 e. The molecule has 1 rings (SSSR count). The highest BCUT2D eigenvalue weighted by molar-refractivity contribution is 5.68. The van der Waals surface area contributed by atoms with Gasteiger partial charge >= 0.3 is 0 Å². The van der Waals surface area contributed by atoms with Gasteiger partial charge in [0.25, 0.3) is 0 Å². The van der Waals surface area contributed by atoms with Crippen molar-refractivity contribution >= 4 is 0 Å². The van der Waals surface area contributed by atoms with Crippen molar-refractivity contribution in [1.29, 1.82) is 0 Å². The highest BCUT2D eigenvalue weighted by Crippen LogP contribution is 2.50. The van der Waals surface area contributed by atoms with Gasteiger partial charge in [0, 0.05) is 5.41 Å².